The lowest BCUT2D eigenvalue weighted by Crippen LogP contribution is -2.00. The molecule has 0 unspecified atom stereocenters. The average molecular weight is 244 g/mol. The van der Waals surface area contributed by atoms with E-state index in [-0.39, 0.29) is 6.29 Å². The summed E-state index contributed by atoms with van der Waals surface area (Å²) >= 11 is 7.59. The van der Waals surface area contributed by atoms with Gasteiger partial charge in [-0.25, -0.2) is 0 Å². The number of pyridine rings is 1. The first-order chi connectivity index (χ1) is 7.26. The van der Waals surface area contributed by atoms with Crippen molar-refractivity contribution in [3.8, 4) is 0 Å². The SMILES string of the molecule is COC(OC)c1cc2nccc(Cl)c2s1. The summed E-state index contributed by atoms with van der Waals surface area (Å²) in [5, 5.41) is 0.710. The number of fused-ring (bicyclic) bond motifs is 1. The lowest BCUT2D eigenvalue weighted by molar-refractivity contribution is -0.103. The molecule has 80 valence electrons. The van der Waals surface area contributed by atoms with Crippen molar-refractivity contribution in [3.63, 3.8) is 0 Å². The number of halogens is 1. The predicted octanol–water partition coefficient (Wildman–Crippen LogP) is 3.24. The zero-order valence-corrected chi connectivity index (χ0v) is 9.93. The quantitative estimate of drug-likeness (QED) is 0.776. The van der Waals surface area contributed by atoms with Gasteiger partial charge in [-0.05, 0) is 12.1 Å². The molecule has 0 bridgehead atoms. The van der Waals surface area contributed by atoms with Crippen molar-refractivity contribution >= 4 is 33.2 Å². The second kappa shape index (κ2) is 4.45. The number of ether oxygens (including phenoxy) is 2. The zero-order valence-electron chi connectivity index (χ0n) is 8.36. The summed E-state index contributed by atoms with van der Waals surface area (Å²) in [6, 6.07) is 3.71. The van der Waals surface area contributed by atoms with Gasteiger partial charge in [-0.3, -0.25) is 4.98 Å². The number of hydrogen-bond donors (Lipinski definition) is 0. The monoisotopic (exact) mass is 243 g/mol. The first-order valence-electron chi connectivity index (χ1n) is 4.35. The standard InChI is InChI=1S/C10H10ClNO2S/c1-13-10(14-2)8-5-7-9(15-8)6(11)3-4-12-7/h3-5,10H,1-2H3. The molecule has 2 aromatic heterocycles. The highest BCUT2D eigenvalue weighted by atomic mass is 35.5. The number of aromatic nitrogens is 1. The van der Waals surface area contributed by atoms with Gasteiger partial charge in [0.15, 0.2) is 6.29 Å². The van der Waals surface area contributed by atoms with Gasteiger partial charge < -0.3 is 9.47 Å². The van der Waals surface area contributed by atoms with Gasteiger partial charge in [-0.1, -0.05) is 11.6 Å². The molecule has 0 fully saturated rings. The summed E-state index contributed by atoms with van der Waals surface area (Å²) in [4.78, 5) is 5.20. The molecule has 0 saturated heterocycles. The van der Waals surface area contributed by atoms with Crippen molar-refractivity contribution in [1.82, 2.24) is 4.98 Å². The minimum atomic E-state index is -0.347. The molecule has 0 aliphatic heterocycles. The van der Waals surface area contributed by atoms with Gasteiger partial charge in [0, 0.05) is 20.4 Å². The molecule has 2 rings (SSSR count). The van der Waals surface area contributed by atoms with Crippen LogP contribution in [0.1, 0.15) is 11.2 Å². The van der Waals surface area contributed by atoms with Crippen LogP contribution in [-0.4, -0.2) is 19.2 Å². The topological polar surface area (TPSA) is 31.4 Å². The maximum Gasteiger partial charge on any atom is 0.192 e. The minimum absolute atomic E-state index is 0.347. The van der Waals surface area contributed by atoms with E-state index in [0.29, 0.717) is 5.02 Å². The number of hydrogen-bond acceptors (Lipinski definition) is 4. The first-order valence-corrected chi connectivity index (χ1v) is 5.55. The Morgan fingerprint density at radius 2 is 2.13 bits per heavy atom. The van der Waals surface area contributed by atoms with E-state index >= 15 is 0 Å². The van der Waals surface area contributed by atoms with Crippen LogP contribution in [0.15, 0.2) is 18.3 Å². The molecule has 0 amide bonds. The van der Waals surface area contributed by atoms with Crippen LogP contribution in [0.5, 0.6) is 0 Å². The van der Waals surface area contributed by atoms with E-state index in [0.717, 1.165) is 15.1 Å². The van der Waals surface area contributed by atoms with Crippen LogP contribution in [0.3, 0.4) is 0 Å². The lowest BCUT2D eigenvalue weighted by Gasteiger charge is -2.09. The Bertz CT molecular complexity index is 467. The summed E-state index contributed by atoms with van der Waals surface area (Å²) in [6.07, 6.45) is 1.34. The highest BCUT2D eigenvalue weighted by Crippen LogP contribution is 2.34. The molecule has 2 aromatic rings. The van der Waals surface area contributed by atoms with Gasteiger partial charge in [-0.15, -0.1) is 11.3 Å². The van der Waals surface area contributed by atoms with Crippen molar-refractivity contribution in [2.24, 2.45) is 0 Å². The largest absolute Gasteiger partial charge is 0.351 e. The Morgan fingerprint density at radius 3 is 2.73 bits per heavy atom. The zero-order chi connectivity index (χ0) is 10.8. The van der Waals surface area contributed by atoms with E-state index in [1.54, 1.807) is 26.5 Å². The summed E-state index contributed by atoms with van der Waals surface area (Å²) in [7, 11) is 3.21. The Kier molecular flexibility index (Phi) is 3.21. The normalized spacial score (nSPS) is 11.5. The van der Waals surface area contributed by atoms with E-state index in [2.05, 4.69) is 4.98 Å². The molecule has 0 atom stereocenters. The Labute approximate surface area is 96.6 Å². The van der Waals surface area contributed by atoms with Crippen molar-refractivity contribution in [2.45, 2.75) is 6.29 Å². The number of rotatable bonds is 3. The fraction of sp³-hybridized carbons (Fsp3) is 0.300. The lowest BCUT2D eigenvalue weighted by atomic mass is 10.3. The summed E-state index contributed by atoms with van der Waals surface area (Å²) in [5.41, 5.74) is 0.876. The Hall–Kier alpha value is -0.680. The molecule has 2 heterocycles. The second-order valence-corrected chi connectivity index (χ2v) is 4.45. The highest BCUT2D eigenvalue weighted by Gasteiger charge is 2.14. The second-order valence-electron chi connectivity index (χ2n) is 2.96. The molecule has 0 N–H and O–H groups in total. The molecule has 0 radical (unpaired) electrons. The van der Waals surface area contributed by atoms with Crippen LogP contribution >= 0.6 is 22.9 Å². The molecular weight excluding hydrogens is 234 g/mol. The van der Waals surface area contributed by atoms with Crippen LogP contribution in [0.25, 0.3) is 10.2 Å². The third-order valence-electron chi connectivity index (χ3n) is 2.04. The van der Waals surface area contributed by atoms with Gasteiger partial charge in [0.25, 0.3) is 0 Å². The van der Waals surface area contributed by atoms with Crippen molar-refractivity contribution < 1.29 is 9.47 Å². The Morgan fingerprint density at radius 1 is 1.40 bits per heavy atom. The molecule has 0 saturated carbocycles. The molecule has 5 heteroatoms. The van der Waals surface area contributed by atoms with E-state index in [9.17, 15) is 0 Å². The molecule has 0 spiro atoms. The Balaban J connectivity index is 2.51. The molecule has 0 aliphatic carbocycles. The summed E-state index contributed by atoms with van der Waals surface area (Å²) in [5.74, 6) is 0. The summed E-state index contributed by atoms with van der Waals surface area (Å²) < 4.78 is 11.3. The van der Waals surface area contributed by atoms with Gasteiger partial charge in [0.1, 0.15) is 0 Å². The molecular formula is C10H10ClNO2S. The average Bonchev–Trinajstić information content (AvgIpc) is 2.65. The molecule has 0 aromatic carbocycles. The van der Waals surface area contributed by atoms with Gasteiger partial charge in [0.2, 0.25) is 0 Å². The van der Waals surface area contributed by atoms with Crippen LogP contribution in [-0.2, 0) is 9.47 Å². The van der Waals surface area contributed by atoms with Crippen molar-refractivity contribution in [2.75, 3.05) is 14.2 Å². The van der Waals surface area contributed by atoms with Crippen LogP contribution in [0, 0.1) is 0 Å². The fourth-order valence-electron chi connectivity index (χ4n) is 1.37. The number of methoxy groups -OCH3 is 2. The van der Waals surface area contributed by atoms with Crippen LogP contribution in [0.4, 0.5) is 0 Å². The van der Waals surface area contributed by atoms with E-state index in [1.165, 1.54) is 11.3 Å². The maximum atomic E-state index is 6.05. The number of thiophene rings is 1. The van der Waals surface area contributed by atoms with Gasteiger partial charge >= 0.3 is 0 Å². The minimum Gasteiger partial charge on any atom is -0.351 e. The highest BCUT2D eigenvalue weighted by molar-refractivity contribution is 7.19. The number of nitrogens with zero attached hydrogens (tertiary/aromatic N) is 1. The smallest absolute Gasteiger partial charge is 0.192 e. The van der Waals surface area contributed by atoms with Crippen molar-refractivity contribution in [1.29, 1.82) is 0 Å². The molecule has 3 nitrogen and oxygen atoms in total. The van der Waals surface area contributed by atoms with Crippen LogP contribution in [0.2, 0.25) is 5.02 Å². The molecule has 15 heavy (non-hydrogen) atoms. The van der Waals surface area contributed by atoms with E-state index < -0.39 is 0 Å². The fourth-order valence-corrected chi connectivity index (χ4v) is 2.72. The predicted molar refractivity (Wildman–Crippen MR) is 61.4 cm³/mol. The van der Waals surface area contributed by atoms with E-state index in [1.807, 2.05) is 6.07 Å². The van der Waals surface area contributed by atoms with Gasteiger partial charge in [0.05, 0.1) is 20.1 Å². The van der Waals surface area contributed by atoms with E-state index in [4.69, 9.17) is 21.1 Å². The third-order valence-corrected chi connectivity index (χ3v) is 3.65. The third kappa shape index (κ3) is 1.99. The molecule has 0 aliphatic rings. The van der Waals surface area contributed by atoms with Crippen LogP contribution < -0.4 is 0 Å². The first kappa shape index (κ1) is 10.8. The maximum absolute atomic E-state index is 6.05. The van der Waals surface area contributed by atoms with Crippen molar-refractivity contribution in [3.05, 3.63) is 28.2 Å². The van der Waals surface area contributed by atoms with Gasteiger partial charge in [-0.2, -0.15) is 0 Å². The summed E-state index contributed by atoms with van der Waals surface area (Å²) in [6.45, 7) is 0.